The van der Waals surface area contributed by atoms with Crippen LogP contribution in [0.25, 0.3) is 0 Å². The molecule has 0 unspecified atom stereocenters. The van der Waals surface area contributed by atoms with Crippen LogP contribution in [-0.4, -0.2) is 41.3 Å². The summed E-state index contributed by atoms with van der Waals surface area (Å²) >= 11 is 0. The van der Waals surface area contributed by atoms with Crippen molar-refractivity contribution in [1.29, 1.82) is 0 Å². The van der Waals surface area contributed by atoms with E-state index in [1.165, 1.54) is 18.2 Å². The van der Waals surface area contributed by atoms with E-state index in [1.54, 1.807) is 0 Å². The number of carbonyl (C=O) groups excluding carboxylic acids is 1. The Morgan fingerprint density at radius 3 is 2.24 bits per heavy atom. The molecule has 0 radical (unpaired) electrons. The van der Waals surface area contributed by atoms with E-state index in [9.17, 15) is 26.4 Å². The fourth-order valence-corrected chi connectivity index (χ4v) is 4.39. The number of pyridine rings is 1. The number of aromatic nitrogens is 1. The van der Waals surface area contributed by atoms with Gasteiger partial charge in [0.2, 0.25) is 10.0 Å². The van der Waals surface area contributed by atoms with Gasteiger partial charge in [-0.3, -0.25) is 9.78 Å². The number of ketones is 1. The van der Waals surface area contributed by atoms with Gasteiger partial charge in [-0.2, -0.15) is 13.2 Å². The summed E-state index contributed by atoms with van der Waals surface area (Å²) in [7, 11) is -3.84. The molecule has 0 spiro atoms. The Morgan fingerprint density at radius 2 is 1.76 bits per heavy atom. The van der Waals surface area contributed by atoms with Gasteiger partial charge in [0.15, 0.2) is 5.78 Å². The van der Waals surface area contributed by atoms with Crippen LogP contribution in [0.15, 0.2) is 18.3 Å². The van der Waals surface area contributed by atoms with Crippen LogP contribution in [0.5, 0.6) is 0 Å². The van der Waals surface area contributed by atoms with Crippen molar-refractivity contribution >= 4 is 15.8 Å². The van der Waals surface area contributed by atoms with Gasteiger partial charge in [0.05, 0.1) is 12.0 Å². The lowest BCUT2D eigenvalue weighted by Gasteiger charge is -2.33. The molecule has 5 nitrogen and oxygen atoms in total. The number of rotatable bonds is 5. The van der Waals surface area contributed by atoms with E-state index >= 15 is 0 Å². The normalized spacial score (nSPS) is 17.5. The topological polar surface area (TPSA) is 67.3 Å². The molecule has 0 N–H and O–H groups in total. The molecular formula is C16H21F3N2O3S. The number of Topliss-reactive ketones (excluding diaryl/α,β-unsaturated/α-hetero) is 1. The summed E-state index contributed by atoms with van der Waals surface area (Å²) in [6.07, 6.45) is -1.73. The Bertz CT molecular complexity index is 722. The van der Waals surface area contributed by atoms with Gasteiger partial charge in [-0.05, 0) is 38.8 Å². The molecule has 1 aliphatic heterocycles. The van der Waals surface area contributed by atoms with Crippen molar-refractivity contribution in [3.63, 3.8) is 0 Å². The maximum absolute atomic E-state index is 12.8. The molecule has 0 aliphatic carbocycles. The molecule has 1 aromatic rings. The molecular weight excluding hydrogens is 357 g/mol. The lowest BCUT2D eigenvalue weighted by atomic mass is 10.0. The summed E-state index contributed by atoms with van der Waals surface area (Å²) in [4.78, 5) is 16.2. The quantitative estimate of drug-likeness (QED) is 0.790. The van der Waals surface area contributed by atoms with E-state index in [2.05, 4.69) is 4.98 Å². The molecule has 0 aromatic carbocycles. The average Bonchev–Trinajstić information content (AvgIpc) is 2.55. The van der Waals surface area contributed by atoms with Crippen molar-refractivity contribution in [2.45, 2.75) is 50.5 Å². The molecule has 2 heterocycles. The zero-order chi connectivity index (χ0) is 18.9. The third-order valence-electron chi connectivity index (χ3n) is 4.47. The monoisotopic (exact) mass is 378 g/mol. The summed E-state index contributed by atoms with van der Waals surface area (Å²) in [6, 6.07) is 1.94. The van der Waals surface area contributed by atoms with Gasteiger partial charge in [0, 0.05) is 25.0 Å². The second kappa shape index (κ2) is 7.03. The van der Waals surface area contributed by atoms with Gasteiger partial charge >= 0.3 is 6.18 Å². The Balaban J connectivity index is 2.15. The number of sulfonamides is 1. The van der Waals surface area contributed by atoms with Crippen molar-refractivity contribution < 1.29 is 26.4 Å². The first-order valence-corrected chi connectivity index (χ1v) is 9.45. The number of carbonyl (C=O) groups is 1. The molecule has 1 saturated heterocycles. The van der Waals surface area contributed by atoms with Crippen molar-refractivity contribution in [3.8, 4) is 0 Å². The average molecular weight is 378 g/mol. The minimum Gasteiger partial charge on any atom is -0.297 e. The van der Waals surface area contributed by atoms with Crippen molar-refractivity contribution in [3.05, 3.63) is 29.6 Å². The zero-order valence-electron chi connectivity index (χ0n) is 14.1. The number of alkyl halides is 3. The van der Waals surface area contributed by atoms with Gasteiger partial charge in [-0.15, -0.1) is 0 Å². The van der Waals surface area contributed by atoms with Gasteiger partial charge in [0.1, 0.15) is 4.75 Å². The highest BCUT2D eigenvalue weighted by Crippen LogP contribution is 2.29. The molecule has 1 aromatic heterocycles. The van der Waals surface area contributed by atoms with Crippen LogP contribution in [0, 0.1) is 0 Å². The number of piperidine rings is 1. The molecule has 9 heteroatoms. The van der Waals surface area contributed by atoms with E-state index in [-0.39, 0.29) is 12.1 Å². The molecule has 140 valence electrons. The second-order valence-electron chi connectivity index (χ2n) is 6.61. The summed E-state index contributed by atoms with van der Waals surface area (Å²) < 4.78 is 62.8. The van der Waals surface area contributed by atoms with Crippen molar-refractivity contribution in [2.24, 2.45) is 0 Å². The Morgan fingerprint density at radius 1 is 1.16 bits per heavy atom. The van der Waals surface area contributed by atoms with Crippen LogP contribution in [0.3, 0.4) is 0 Å². The second-order valence-corrected chi connectivity index (χ2v) is 9.10. The minimum atomic E-state index is -4.51. The largest absolute Gasteiger partial charge is 0.417 e. The Kier molecular flexibility index (Phi) is 5.58. The van der Waals surface area contributed by atoms with Crippen LogP contribution in [0.1, 0.15) is 44.4 Å². The number of hydrogen-bond donors (Lipinski definition) is 0. The first kappa shape index (κ1) is 19.8. The minimum absolute atomic E-state index is 0.111. The van der Waals surface area contributed by atoms with Crippen LogP contribution < -0.4 is 0 Å². The first-order chi connectivity index (χ1) is 11.5. The van der Waals surface area contributed by atoms with Crippen LogP contribution in [-0.2, 0) is 27.4 Å². The summed E-state index contributed by atoms with van der Waals surface area (Å²) in [5.74, 6) is -0.592. The van der Waals surface area contributed by atoms with Crippen molar-refractivity contribution in [1.82, 2.24) is 9.29 Å². The van der Waals surface area contributed by atoms with E-state index in [0.717, 1.165) is 31.4 Å². The SMILES string of the molecule is CC(C)(C(=O)Cc1ccc(C(F)(F)F)cn1)S(=O)(=O)N1CCCCC1. The highest BCUT2D eigenvalue weighted by Gasteiger charge is 2.45. The van der Waals surface area contributed by atoms with E-state index in [1.807, 2.05) is 0 Å². The number of hydrogen-bond acceptors (Lipinski definition) is 4. The fourth-order valence-electron chi connectivity index (χ4n) is 2.65. The van der Waals surface area contributed by atoms with Gasteiger partial charge in [0.25, 0.3) is 0 Å². The molecule has 0 bridgehead atoms. The molecule has 1 aliphatic rings. The van der Waals surface area contributed by atoms with Crippen molar-refractivity contribution in [2.75, 3.05) is 13.1 Å². The molecule has 0 amide bonds. The lowest BCUT2D eigenvalue weighted by Crippen LogP contribution is -2.51. The Hall–Kier alpha value is -1.48. The van der Waals surface area contributed by atoms with Crippen LogP contribution in [0.2, 0.25) is 0 Å². The van der Waals surface area contributed by atoms with Crippen LogP contribution in [0.4, 0.5) is 13.2 Å². The van der Waals surface area contributed by atoms with E-state index in [0.29, 0.717) is 19.3 Å². The Labute approximate surface area is 145 Å². The highest BCUT2D eigenvalue weighted by molar-refractivity contribution is 7.91. The third-order valence-corrected chi connectivity index (χ3v) is 7.03. The van der Waals surface area contributed by atoms with E-state index < -0.39 is 32.3 Å². The predicted molar refractivity (Wildman–Crippen MR) is 86.4 cm³/mol. The summed E-state index contributed by atoms with van der Waals surface area (Å²) in [5, 5.41) is 0. The van der Waals surface area contributed by atoms with Gasteiger partial charge < -0.3 is 0 Å². The number of halogens is 3. The summed E-state index contributed by atoms with van der Waals surface area (Å²) in [6.45, 7) is 3.45. The molecule has 2 rings (SSSR count). The third kappa shape index (κ3) is 4.20. The lowest BCUT2D eigenvalue weighted by molar-refractivity contribution is -0.137. The predicted octanol–water partition coefficient (Wildman–Crippen LogP) is 2.81. The number of nitrogens with zero attached hydrogens (tertiary/aromatic N) is 2. The standard InChI is InChI=1S/C16H21F3N2O3S/c1-15(2,25(23,24)21-8-4-3-5-9-21)14(22)10-13-7-6-12(11-20-13)16(17,18)19/h6-7,11H,3-5,8-10H2,1-2H3. The van der Waals surface area contributed by atoms with E-state index in [4.69, 9.17) is 0 Å². The zero-order valence-corrected chi connectivity index (χ0v) is 15.0. The molecule has 1 fully saturated rings. The molecule has 0 atom stereocenters. The highest BCUT2D eigenvalue weighted by atomic mass is 32.2. The fraction of sp³-hybridized carbons (Fsp3) is 0.625. The first-order valence-electron chi connectivity index (χ1n) is 8.01. The summed E-state index contributed by atoms with van der Waals surface area (Å²) in [5.41, 5.74) is -0.802. The van der Waals surface area contributed by atoms with Gasteiger partial charge in [-0.25, -0.2) is 12.7 Å². The molecule has 0 saturated carbocycles. The molecule has 25 heavy (non-hydrogen) atoms. The maximum Gasteiger partial charge on any atom is 0.417 e. The maximum atomic E-state index is 12.8. The van der Waals surface area contributed by atoms with Crippen LogP contribution >= 0.6 is 0 Å². The van der Waals surface area contributed by atoms with Gasteiger partial charge in [-0.1, -0.05) is 6.42 Å². The smallest absolute Gasteiger partial charge is 0.297 e.